The second-order valence-electron chi connectivity index (χ2n) is 2.80. The molecular weight excluding hydrogens is 226 g/mol. The molecule has 2 rings (SSSR count). The molecule has 0 unspecified atom stereocenters. The smallest absolute Gasteiger partial charge is 0.211 e. The van der Waals surface area contributed by atoms with E-state index in [4.69, 9.17) is 0 Å². The number of thioether (sulfide) groups is 1. The molecule has 0 spiro atoms. The Morgan fingerprint density at radius 3 is 3.12 bits per heavy atom. The van der Waals surface area contributed by atoms with Crippen LogP contribution in [0.15, 0.2) is 34.4 Å². The molecule has 0 N–H and O–H groups in total. The van der Waals surface area contributed by atoms with Crippen molar-refractivity contribution >= 4 is 23.5 Å². The highest BCUT2D eigenvalue weighted by molar-refractivity contribution is 7.98. The van der Waals surface area contributed by atoms with Gasteiger partial charge >= 0.3 is 0 Å². The Morgan fingerprint density at radius 2 is 2.38 bits per heavy atom. The van der Waals surface area contributed by atoms with Crippen molar-refractivity contribution in [3.63, 3.8) is 0 Å². The van der Waals surface area contributed by atoms with E-state index in [1.165, 1.54) is 17.8 Å². The molecule has 0 aliphatic rings. The lowest BCUT2D eigenvalue weighted by atomic mass is 10.3. The van der Waals surface area contributed by atoms with Crippen molar-refractivity contribution in [2.75, 3.05) is 6.26 Å². The Kier molecular flexibility index (Phi) is 3.09. The molecular formula is C9H7N5OS. The molecule has 6 nitrogen and oxygen atoms in total. The second-order valence-corrected chi connectivity index (χ2v) is 3.57. The van der Waals surface area contributed by atoms with Crippen LogP contribution in [0.3, 0.4) is 0 Å². The van der Waals surface area contributed by atoms with Crippen LogP contribution in [-0.4, -0.2) is 32.5 Å². The Balaban J connectivity index is 2.47. The molecule has 0 aliphatic heterocycles. The third kappa shape index (κ3) is 2.00. The van der Waals surface area contributed by atoms with E-state index in [0.29, 0.717) is 10.8 Å². The van der Waals surface area contributed by atoms with Gasteiger partial charge in [0.05, 0.1) is 11.4 Å². The van der Waals surface area contributed by atoms with Crippen molar-refractivity contribution in [1.29, 1.82) is 0 Å². The standard InChI is InChI=1S/C9H7N5OS/c1-16-9-11-12-13-14(9)8-4-2-3-7(5-8)10-6-15/h2-5H,1H3. The van der Waals surface area contributed by atoms with Crippen LogP contribution in [0.4, 0.5) is 5.69 Å². The lowest BCUT2D eigenvalue weighted by molar-refractivity contribution is 0.565. The summed E-state index contributed by atoms with van der Waals surface area (Å²) in [6.07, 6.45) is 3.38. The first-order valence-electron chi connectivity index (χ1n) is 4.36. The molecule has 16 heavy (non-hydrogen) atoms. The molecule has 0 radical (unpaired) electrons. The fourth-order valence-corrected chi connectivity index (χ4v) is 1.65. The van der Waals surface area contributed by atoms with Gasteiger partial charge in [-0.25, -0.2) is 4.79 Å². The van der Waals surface area contributed by atoms with Gasteiger partial charge in [-0.05, 0) is 34.9 Å². The van der Waals surface area contributed by atoms with Gasteiger partial charge in [-0.2, -0.15) is 9.67 Å². The number of isocyanates is 1. The summed E-state index contributed by atoms with van der Waals surface area (Å²) in [5, 5.41) is 11.9. The van der Waals surface area contributed by atoms with Gasteiger partial charge in [0.1, 0.15) is 0 Å². The number of aromatic nitrogens is 4. The lowest BCUT2D eigenvalue weighted by Crippen LogP contribution is -1.97. The van der Waals surface area contributed by atoms with Crippen LogP contribution in [0.2, 0.25) is 0 Å². The van der Waals surface area contributed by atoms with Gasteiger partial charge in [0.15, 0.2) is 0 Å². The van der Waals surface area contributed by atoms with Crippen molar-refractivity contribution in [3.05, 3.63) is 24.3 Å². The lowest BCUT2D eigenvalue weighted by Gasteiger charge is -2.02. The van der Waals surface area contributed by atoms with E-state index in [2.05, 4.69) is 20.5 Å². The van der Waals surface area contributed by atoms with Crippen LogP contribution in [0.1, 0.15) is 0 Å². The summed E-state index contributed by atoms with van der Waals surface area (Å²) in [5.74, 6) is 0. The number of benzene rings is 1. The fraction of sp³-hybridized carbons (Fsp3) is 0.111. The molecule has 7 heteroatoms. The number of hydrogen-bond donors (Lipinski definition) is 0. The molecule has 0 amide bonds. The summed E-state index contributed by atoms with van der Waals surface area (Å²) >= 11 is 1.44. The third-order valence-electron chi connectivity index (χ3n) is 1.87. The molecule has 0 atom stereocenters. The first-order valence-corrected chi connectivity index (χ1v) is 5.58. The highest BCUT2D eigenvalue weighted by Crippen LogP contribution is 2.19. The van der Waals surface area contributed by atoms with Crippen LogP contribution in [0.25, 0.3) is 5.69 Å². The second kappa shape index (κ2) is 4.69. The van der Waals surface area contributed by atoms with Gasteiger partial charge in [0, 0.05) is 0 Å². The largest absolute Gasteiger partial charge is 0.240 e. The minimum absolute atomic E-state index is 0.523. The number of nitrogens with zero attached hydrogens (tertiary/aromatic N) is 5. The van der Waals surface area contributed by atoms with Crippen molar-refractivity contribution in [3.8, 4) is 5.69 Å². The highest BCUT2D eigenvalue weighted by atomic mass is 32.2. The predicted octanol–water partition coefficient (Wildman–Crippen LogP) is 1.35. The first kappa shape index (κ1) is 10.5. The summed E-state index contributed by atoms with van der Waals surface area (Å²) in [4.78, 5) is 13.7. The zero-order valence-corrected chi connectivity index (χ0v) is 9.18. The normalized spacial score (nSPS) is 9.81. The van der Waals surface area contributed by atoms with Crippen LogP contribution in [0.5, 0.6) is 0 Å². The summed E-state index contributed by atoms with van der Waals surface area (Å²) in [6.45, 7) is 0. The number of tetrazole rings is 1. The average Bonchev–Trinajstić information content (AvgIpc) is 2.78. The Morgan fingerprint density at radius 1 is 1.50 bits per heavy atom. The number of rotatable bonds is 3. The summed E-state index contributed by atoms with van der Waals surface area (Å²) < 4.78 is 1.58. The minimum atomic E-state index is 0.523. The number of carbonyl (C=O) groups excluding carboxylic acids is 1. The van der Waals surface area contributed by atoms with Gasteiger partial charge in [-0.1, -0.05) is 17.8 Å². The molecule has 80 valence electrons. The summed E-state index contributed by atoms with van der Waals surface area (Å²) in [5.41, 5.74) is 1.28. The van der Waals surface area contributed by atoms with E-state index in [1.54, 1.807) is 22.9 Å². The topological polar surface area (TPSA) is 73.0 Å². The van der Waals surface area contributed by atoms with Crippen molar-refractivity contribution in [2.45, 2.75) is 5.16 Å². The SMILES string of the molecule is CSc1nnnn1-c1cccc(N=C=O)c1. The predicted molar refractivity (Wildman–Crippen MR) is 58.7 cm³/mol. The Bertz CT molecular complexity index is 546. The maximum atomic E-state index is 10.2. The van der Waals surface area contributed by atoms with Crippen molar-refractivity contribution in [1.82, 2.24) is 20.2 Å². The van der Waals surface area contributed by atoms with Gasteiger partial charge in [-0.3, -0.25) is 0 Å². The van der Waals surface area contributed by atoms with Crippen LogP contribution in [0, 0.1) is 0 Å². The Labute approximate surface area is 95.4 Å². The molecule has 0 fully saturated rings. The maximum Gasteiger partial charge on any atom is 0.240 e. The van der Waals surface area contributed by atoms with E-state index in [0.717, 1.165) is 5.69 Å². The molecule has 0 saturated heterocycles. The average molecular weight is 233 g/mol. The molecule has 0 aliphatic carbocycles. The summed E-state index contributed by atoms with van der Waals surface area (Å²) in [7, 11) is 0. The zero-order chi connectivity index (χ0) is 11.4. The zero-order valence-electron chi connectivity index (χ0n) is 8.36. The van der Waals surface area contributed by atoms with E-state index in [1.807, 2.05) is 12.3 Å². The monoisotopic (exact) mass is 233 g/mol. The van der Waals surface area contributed by atoms with Crippen LogP contribution < -0.4 is 0 Å². The van der Waals surface area contributed by atoms with E-state index in [9.17, 15) is 4.79 Å². The van der Waals surface area contributed by atoms with Crippen molar-refractivity contribution in [2.24, 2.45) is 4.99 Å². The number of hydrogen-bond acceptors (Lipinski definition) is 6. The molecule has 1 heterocycles. The van der Waals surface area contributed by atoms with E-state index >= 15 is 0 Å². The number of aliphatic imine (C=N–C) groups is 1. The minimum Gasteiger partial charge on any atom is -0.211 e. The van der Waals surface area contributed by atoms with Crippen molar-refractivity contribution < 1.29 is 4.79 Å². The van der Waals surface area contributed by atoms with Crippen LogP contribution in [-0.2, 0) is 4.79 Å². The fourth-order valence-electron chi connectivity index (χ4n) is 1.22. The van der Waals surface area contributed by atoms with E-state index < -0.39 is 0 Å². The molecule has 2 aromatic rings. The highest BCUT2D eigenvalue weighted by Gasteiger charge is 2.06. The van der Waals surface area contributed by atoms with Gasteiger partial charge in [0.25, 0.3) is 0 Å². The van der Waals surface area contributed by atoms with Gasteiger partial charge < -0.3 is 0 Å². The van der Waals surface area contributed by atoms with E-state index in [-0.39, 0.29) is 0 Å². The molecule has 1 aromatic heterocycles. The quantitative estimate of drug-likeness (QED) is 0.454. The summed E-state index contributed by atoms with van der Waals surface area (Å²) in [6, 6.07) is 7.02. The van der Waals surface area contributed by atoms with Gasteiger partial charge in [-0.15, -0.1) is 5.10 Å². The molecule has 0 bridgehead atoms. The third-order valence-corrected chi connectivity index (χ3v) is 2.49. The maximum absolute atomic E-state index is 10.2. The van der Waals surface area contributed by atoms with Crippen LogP contribution >= 0.6 is 11.8 Å². The first-order chi connectivity index (χ1) is 7.85. The van der Waals surface area contributed by atoms with Gasteiger partial charge in [0.2, 0.25) is 11.2 Å². The molecule has 1 aromatic carbocycles. The Hall–Kier alpha value is -1.98. The molecule has 0 saturated carbocycles.